The monoisotopic (exact) mass is 719 g/mol. The Morgan fingerprint density at radius 2 is 1.86 bits per heavy atom. The number of nitrogens with one attached hydrogen (secondary N) is 3. The number of hydrogen-bond acceptors (Lipinski definition) is 10. The summed E-state index contributed by atoms with van der Waals surface area (Å²) < 4.78 is 16.4. The van der Waals surface area contributed by atoms with Crippen molar-refractivity contribution in [3.8, 4) is 34.1 Å². The van der Waals surface area contributed by atoms with E-state index in [1.807, 2.05) is 12.1 Å². The molecule has 5 heterocycles. The average molecular weight is 721 g/mol. The van der Waals surface area contributed by atoms with Gasteiger partial charge in [-0.1, -0.05) is 41.4 Å². The van der Waals surface area contributed by atoms with Gasteiger partial charge in [-0.05, 0) is 30.7 Å². The lowest BCUT2D eigenvalue weighted by molar-refractivity contribution is -0.119. The van der Waals surface area contributed by atoms with Crippen molar-refractivity contribution < 1.29 is 23.8 Å². The Bertz CT molecular complexity index is 1870. The molecule has 12 nitrogen and oxygen atoms in total. The highest BCUT2D eigenvalue weighted by Crippen LogP contribution is 2.40. The first kappa shape index (κ1) is 35.5. The molecule has 2 saturated heterocycles. The van der Waals surface area contributed by atoms with Crippen molar-refractivity contribution in [3.05, 3.63) is 81.7 Å². The maximum atomic E-state index is 13.4. The highest BCUT2D eigenvalue weighted by atomic mass is 35.5. The number of hydrogen-bond donors (Lipinski definition) is 3. The van der Waals surface area contributed by atoms with Crippen LogP contribution in [0.2, 0.25) is 10.0 Å². The molecule has 1 aromatic carbocycles. The van der Waals surface area contributed by atoms with Crippen LogP contribution in [0, 0.1) is 5.92 Å². The third-order valence-corrected chi connectivity index (χ3v) is 9.61. The normalized spacial score (nSPS) is 16.2. The van der Waals surface area contributed by atoms with E-state index in [9.17, 15) is 9.59 Å². The number of methoxy groups -OCH3 is 3. The Kier molecular flexibility index (Phi) is 11.5. The van der Waals surface area contributed by atoms with Crippen molar-refractivity contribution in [2.75, 3.05) is 52.9 Å². The lowest BCUT2D eigenvalue weighted by Gasteiger charge is -2.39. The molecule has 2 aliphatic rings. The topological polar surface area (TPSA) is 140 Å². The molecule has 0 spiro atoms. The molecule has 3 N–H and O–H groups in total. The largest absolute Gasteiger partial charge is 0.495 e. The number of halogens is 2. The van der Waals surface area contributed by atoms with Crippen LogP contribution in [-0.4, -0.2) is 85.3 Å². The predicted octanol–water partition coefficient (Wildman–Crippen LogP) is 5.23. The molecule has 2 fully saturated rings. The Morgan fingerprint density at radius 3 is 2.60 bits per heavy atom. The van der Waals surface area contributed by atoms with Crippen molar-refractivity contribution >= 4 is 40.7 Å². The number of amides is 2. The summed E-state index contributed by atoms with van der Waals surface area (Å²) in [6.07, 6.45) is 4.57. The van der Waals surface area contributed by atoms with Crippen molar-refractivity contribution in [2.24, 2.45) is 5.92 Å². The second kappa shape index (κ2) is 16.1. The SMILES string of the molecule is COCC1CN(Cc2cc(C(=O)Nc3cccc(-c4nccc(-c5ccc(CNC[C@H]6CCC(=O)N6)c(OC)n5)c4Cl)c3Cl)ncc2OC)C1. The second-order valence-electron chi connectivity index (χ2n) is 12.3. The summed E-state index contributed by atoms with van der Waals surface area (Å²) in [7, 11) is 4.87. The molecule has 0 unspecified atom stereocenters. The Hall–Kier alpha value is -4.33. The first-order valence-electron chi connectivity index (χ1n) is 16.3. The molecule has 0 saturated carbocycles. The molecular weight excluding hydrogens is 681 g/mol. The zero-order chi connectivity index (χ0) is 35.2. The van der Waals surface area contributed by atoms with E-state index in [1.54, 1.807) is 64.1 Å². The number of pyridine rings is 3. The number of nitrogens with zero attached hydrogens (tertiary/aromatic N) is 4. The van der Waals surface area contributed by atoms with Crippen LogP contribution in [0.15, 0.2) is 54.9 Å². The van der Waals surface area contributed by atoms with Crippen LogP contribution in [0.4, 0.5) is 5.69 Å². The van der Waals surface area contributed by atoms with Crippen LogP contribution < -0.4 is 25.4 Å². The van der Waals surface area contributed by atoms with Crippen molar-refractivity contribution in [2.45, 2.75) is 32.0 Å². The van der Waals surface area contributed by atoms with E-state index < -0.39 is 5.91 Å². The van der Waals surface area contributed by atoms with Crippen molar-refractivity contribution in [3.63, 3.8) is 0 Å². The molecule has 14 heteroatoms. The van der Waals surface area contributed by atoms with E-state index in [4.69, 9.17) is 42.4 Å². The van der Waals surface area contributed by atoms with Crippen LogP contribution >= 0.6 is 23.2 Å². The van der Waals surface area contributed by atoms with Crippen LogP contribution in [-0.2, 0) is 22.6 Å². The highest BCUT2D eigenvalue weighted by Gasteiger charge is 2.28. The first-order chi connectivity index (χ1) is 24.3. The molecule has 262 valence electrons. The van der Waals surface area contributed by atoms with Gasteiger partial charge in [-0.25, -0.2) is 9.97 Å². The summed E-state index contributed by atoms with van der Waals surface area (Å²) in [6, 6.07) is 12.7. The molecule has 0 radical (unpaired) electrons. The fraction of sp³-hybridized carbons (Fsp3) is 0.361. The molecule has 2 amide bonds. The number of carbonyl (C=O) groups is 2. The van der Waals surface area contributed by atoms with E-state index in [-0.39, 0.29) is 22.7 Å². The van der Waals surface area contributed by atoms with Gasteiger partial charge in [-0.3, -0.25) is 19.5 Å². The van der Waals surface area contributed by atoms with Gasteiger partial charge in [0.25, 0.3) is 5.91 Å². The fourth-order valence-electron chi connectivity index (χ4n) is 6.27. The number of carbonyl (C=O) groups excluding carboxylic acids is 2. The lowest BCUT2D eigenvalue weighted by Crippen LogP contribution is -2.47. The number of likely N-dealkylation sites (tertiary alicyclic amines) is 1. The summed E-state index contributed by atoms with van der Waals surface area (Å²) in [5.74, 6) is 1.24. The summed E-state index contributed by atoms with van der Waals surface area (Å²) in [5.41, 5.74) is 4.55. The molecule has 2 aliphatic heterocycles. The quantitative estimate of drug-likeness (QED) is 0.159. The van der Waals surface area contributed by atoms with E-state index in [2.05, 4.69) is 30.8 Å². The maximum absolute atomic E-state index is 13.4. The van der Waals surface area contributed by atoms with Crippen LogP contribution in [0.5, 0.6) is 11.6 Å². The minimum absolute atomic E-state index is 0.0847. The Morgan fingerprint density at radius 1 is 1.02 bits per heavy atom. The minimum atomic E-state index is -0.416. The summed E-state index contributed by atoms with van der Waals surface area (Å²) >= 11 is 13.9. The van der Waals surface area contributed by atoms with Gasteiger partial charge in [0.05, 0.1) is 54.1 Å². The lowest BCUT2D eigenvalue weighted by atomic mass is 10.00. The number of aromatic nitrogens is 3. The molecule has 50 heavy (non-hydrogen) atoms. The molecule has 3 aromatic heterocycles. The molecular formula is C36H39Cl2N7O5. The van der Waals surface area contributed by atoms with Gasteiger partial charge in [-0.2, -0.15) is 0 Å². The number of rotatable bonds is 14. The third-order valence-electron chi connectivity index (χ3n) is 8.82. The molecule has 0 aliphatic carbocycles. The summed E-state index contributed by atoms with van der Waals surface area (Å²) in [4.78, 5) is 40.8. The van der Waals surface area contributed by atoms with Crippen LogP contribution in [0.25, 0.3) is 22.5 Å². The molecule has 1 atom stereocenters. The van der Waals surface area contributed by atoms with E-state index >= 15 is 0 Å². The highest BCUT2D eigenvalue weighted by molar-refractivity contribution is 6.39. The number of anilines is 1. The second-order valence-corrected chi connectivity index (χ2v) is 13.1. The van der Waals surface area contributed by atoms with Gasteiger partial charge in [-0.15, -0.1) is 0 Å². The maximum Gasteiger partial charge on any atom is 0.274 e. The Labute approximate surface area is 300 Å². The number of benzene rings is 1. The van der Waals surface area contributed by atoms with E-state index in [0.717, 1.165) is 37.2 Å². The zero-order valence-electron chi connectivity index (χ0n) is 28.1. The van der Waals surface area contributed by atoms with E-state index in [0.29, 0.717) is 76.8 Å². The van der Waals surface area contributed by atoms with Gasteiger partial charge in [0.15, 0.2) is 0 Å². The van der Waals surface area contributed by atoms with Crippen molar-refractivity contribution in [1.82, 2.24) is 30.5 Å². The first-order valence-corrected chi connectivity index (χ1v) is 17.1. The van der Waals surface area contributed by atoms with Gasteiger partial charge in [0, 0.05) is 86.7 Å². The fourth-order valence-corrected chi connectivity index (χ4v) is 6.85. The molecule has 4 aromatic rings. The summed E-state index contributed by atoms with van der Waals surface area (Å²) in [5, 5.41) is 9.84. The smallest absolute Gasteiger partial charge is 0.274 e. The molecule has 0 bridgehead atoms. The zero-order valence-corrected chi connectivity index (χ0v) is 29.6. The minimum Gasteiger partial charge on any atom is -0.495 e. The standard InChI is InChI=1S/C36H39Cl2N7O5/c1-48-20-21-17-45(18-21)19-23-13-29(41-16-30(23)49-2)35(47)43-28-6-4-5-26(32(28)37)34-33(38)25(11-12-40-34)27-9-7-22(36(44-27)50-3)14-39-15-24-8-10-31(46)42-24/h4-7,9,11-13,16,21,24,39H,8,10,14-15,17-20H2,1-3H3,(H,42,46)(H,43,47)/t24-/m1/s1. The van der Waals surface area contributed by atoms with Gasteiger partial charge < -0.3 is 30.2 Å². The molecule has 6 rings (SSSR count). The van der Waals surface area contributed by atoms with Gasteiger partial charge in [0.1, 0.15) is 11.4 Å². The van der Waals surface area contributed by atoms with Gasteiger partial charge in [0.2, 0.25) is 11.8 Å². The van der Waals surface area contributed by atoms with Gasteiger partial charge >= 0.3 is 0 Å². The average Bonchev–Trinajstić information content (AvgIpc) is 3.53. The van der Waals surface area contributed by atoms with Crippen LogP contribution in [0.3, 0.4) is 0 Å². The third kappa shape index (κ3) is 8.00. The van der Waals surface area contributed by atoms with Crippen molar-refractivity contribution in [1.29, 1.82) is 0 Å². The predicted molar refractivity (Wildman–Crippen MR) is 192 cm³/mol. The number of ether oxygens (including phenoxy) is 3. The summed E-state index contributed by atoms with van der Waals surface area (Å²) in [6.45, 7) is 4.36. The Balaban J connectivity index is 1.18. The van der Waals surface area contributed by atoms with Crippen LogP contribution in [0.1, 0.15) is 34.5 Å². The van der Waals surface area contributed by atoms with E-state index in [1.165, 1.54) is 0 Å².